The van der Waals surface area contributed by atoms with Crippen LogP contribution in [-0.2, 0) is 11.2 Å². The SMILES string of the molecule is CCCNC1CCC(OCCc2ccccc2)CC1. The first-order chi connectivity index (χ1) is 9.38. The summed E-state index contributed by atoms with van der Waals surface area (Å²) in [7, 11) is 0. The maximum Gasteiger partial charge on any atom is 0.0576 e. The van der Waals surface area contributed by atoms with E-state index in [2.05, 4.69) is 42.6 Å². The molecule has 1 aliphatic rings. The van der Waals surface area contributed by atoms with Gasteiger partial charge in [0.1, 0.15) is 0 Å². The Morgan fingerprint density at radius 3 is 2.53 bits per heavy atom. The molecule has 0 bridgehead atoms. The van der Waals surface area contributed by atoms with Gasteiger partial charge in [-0.3, -0.25) is 0 Å². The predicted molar refractivity (Wildman–Crippen MR) is 80.4 cm³/mol. The number of nitrogens with one attached hydrogen (secondary N) is 1. The van der Waals surface area contributed by atoms with Gasteiger partial charge in [0, 0.05) is 6.04 Å². The molecule has 1 saturated carbocycles. The second kappa shape index (κ2) is 8.34. The molecule has 0 radical (unpaired) electrons. The third-order valence-electron chi connectivity index (χ3n) is 3.94. The van der Waals surface area contributed by atoms with Gasteiger partial charge in [0.25, 0.3) is 0 Å². The molecule has 2 nitrogen and oxygen atoms in total. The molecule has 0 aliphatic heterocycles. The van der Waals surface area contributed by atoms with Crippen molar-refractivity contribution in [2.45, 2.75) is 57.6 Å². The molecule has 1 fully saturated rings. The summed E-state index contributed by atoms with van der Waals surface area (Å²) in [6.45, 7) is 4.25. The standard InChI is InChI=1S/C17H27NO/c1-2-13-18-16-8-10-17(11-9-16)19-14-12-15-6-4-3-5-7-15/h3-7,16-18H,2,8-14H2,1H3. The minimum absolute atomic E-state index is 0.489. The monoisotopic (exact) mass is 261 g/mol. The van der Waals surface area contributed by atoms with Crippen molar-refractivity contribution < 1.29 is 4.74 Å². The number of hydrogen-bond acceptors (Lipinski definition) is 2. The van der Waals surface area contributed by atoms with E-state index in [1.165, 1.54) is 37.7 Å². The summed E-state index contributed by atoms with van der Waals surface area (Å²) in [4.78, 5) is 0. The molecule has 2 heteroatoms. The zero-order valence-corrected chi connectivity index (χ0v) is 12.1. The molecule has 0 heterocycles. The average Bonchev–Trinajstić information content (AvgIpc) is 2.47. The van der Waals surface area contributed by atoms with Crippen molar-refractivity contribution >= 4 is 0 Å². The van der Waals surface area contributed by atoms with Gasteiger partial charge in [-0.1, -0.05) is 37.3 Å². The molecule has 1 N–H and O–H groups in total. The first-order valence-corrected chi connectivity index (χ1v) is 7.77. The number of ether oxygens (including phenoxy) is 1. The lowest BCUT2D eigenvalue weighted by Gasteiger charge is -2.29. The zero-order valence-electron chi connectivity index (χ0n) is 12.1. The van der Waals surface area contributed by atoms with Crippen LogP contribution in [0.5, 0.6) is 0 Å². The van der Waals surface area contributed by atoms with Crippen molar-refractivity contribution in [3.8, 4) is 0 Å². The van der Waals surface area contributed by atoms with E-state index in [-0.39, 0.29) is 0 Å². The van der Waals surface area contributed by atoms with Crippen LogP contribution < -0.4 is 5.32 Å². The first-order valence-electron chi connectivity index (χ1n) is 7.77. The van der Waals surface area contributed by atoms with E-state index in [9.17, 15) is 0 Å². The average molecular weight is 261 g/mol. The molecule has 1 aliphatic carbocycles. The molecule has 106 valence electrons. The summed E-state index contributed by atoms with van der Waals surface area (Å²) in [5.74, 6) is 0. The molecule has 0 atom stereocenters. The van der Waals surface area contributed by atoms with E-state index < -0.39 is 0 Å². The zero-order chi connectivity index (χ0) is 13.3. The molecule has 0 aromatic heterocycles. The fraction of sp³-hybridized carbons (Fsp3) is 0.647. The van der Waals surface area contributed by atoms with E-state index in [4.69, 9.17) is 4.74 Å². The van der Waals surface area contributed by atoms with Crippen molar-refractivity contribution in [2.75, 3.05) is 13.2 Å². The van der Waals surface area contributed by atoms with Gasteiger partial charge in [-0.25, -0.2) is 0 Å². The molecule has 2 rings (SSSR count). The van der Waals surface area contributed by atoms with E-state index in [1.54, 1.807) is 0 Å². The van der Waals surface area contributed by atoms with Crippen LogP contribution in [0.1, 0.15) is 44.6 Å². The van der Waals surface area contributed by atoms with Crippen LogP contribution in [0, 0.1) is 0 Å². The van der Waals surface area contributed by atoms with Gasteiger partial charge in [0.05, 0.1) is 12.7 Å². The fourth-order valence-electron chi connectivity index (χ4n) is 2.77. The summed E-state index contributed by atoms with van der Waals surface area (Å²) >= 11 is 0. The largest absolute Gasteiger partial charge is 0.378 e. The van der Waals surface area contributed by atoms with Crippen LogP contribution in [-0.4, -0.2) is 25.3 Å². The van der Waals surface area contributed by atoms with Gasteiger partial charge >= 0.3 is 0 Å². The number of benzene rings is 1. The Labute approximate surface area is 117 Å². The summed E-state index contributed by atoms with van der Waals surface area (Å²) in [6, 6.07) is 11.3. The minimum Gasteiger partial charge on any atom is -0.378 e. The lowest BCUT2D eigenvalue weighted by molar-refractivity contribution is 0.0243. The van der Waals surface area contributed by atoms with Crippen LogP contribution in [0.25, 0.3) is 0 Å². The number of hydrogen-bond donors (Lipinski definition) is 1. The van der Waals surface area contributed by atoms with Crippen molar-refractivity contribution in [3.05, 3.63) is 35.9 Å². The lowest BCUT2D eigenvalue weighted by atomic mass is 9.93. The first kappa shape index (κ1) is 14.5. The second-order valence-corrected chi connectivity index (χ2v) is 5.53. The van der Waals surface area contributed by atoms with Crippen molar-refractivity contribution in [1.29, 1.82) is 0 Å². The highest BCUT2D eigenvalue weighted by Crippen LogP contribution is 2.21. The highest BCUT2D eigenvalue weighted by molar-refractivity contribution is 5.14. The maximum absolute atomic E-state index is 6.01. The smallest absolute Gasteiger partial charge is 0.0576 e. The van der Waals surface area contributed by atoms with Crippen LogP contribution >= 0.6 is 0 Å². The van der Waals surface area contributed by atoms with E-state index in [1.807, 2.05) is 0 Å². The molecule has 1 aromatic rings. The Morgan fingerprint density at radius 2 is 1.84 bits per heavy atom. The van der Waals surface area contributed by atoms with E-state index >= 15 is 0 Å². The van der Waals surface area contributed by atoms with Crippen LogP contribution in [0.4, 0.5) is 0 Å². The molecule has 1 aromatic carbocycles. The summed E-state index contributed by atoms with van der Waals surface area (Å²) < 4.78 is 6.01. The van der Waals surface area contributed by atoms with Gasteiger partial charge in [0.15, 0.2) is 0 Å². The fourth-order valence-corrected chi connectivity index (χ4v) is 2.77. The molecule has 0 amide bonds. The van der Waals surface area contributed by atoms with Crippen LogP contribution in [0.15, 0.2) is 30.3 Å². The van der Waals surface area contributed by atoms with Crippen molar-refractivity contribution in [1.82, 2.24) is 5.32 Å². The molecular weight excluding hydrogens is 234 g/mol. The van der Waals surface area contributed by atoms with Gasteiger partial charge in [-0.2, -0.15) is 0 Å². The van der Waals surface area contributed by atoms with E-state index in [0.29, 0.717) is 6.10 Å². The highest BCUT2D eigenvalue weighted by atomic mass is 16.5. The lowest BCUT2D eigenvalue weighted by Crippen LogP contribution is -2.35. The Balaban J connectivity index is 1.58. The van der Waals surface area contributed by atoms with Gasteiger partial charge in [-0.15, -0.1) is 0 Å². The Bertz CT molecular complexity index is 330. The quantitative estimate of drug-likeness (QED) is 0.810. The summed E-state index contributed by atoms with van der Waals surface area (Å²) in [5, 5.41) is 3.62. The molecule has 19 heavy (non-hydrogen) atoms. The third kappa shape index (κ3) is 5.33. The summed E-state index contributed by atoms with van der Waals surface area (Å²) in [5.41, 5.74) is 1.38. The second-order valence-electron chi connectivity index (χ2n) is 5.53. The van der Waals surface area contributed by atoms with Crippen molar-refractivity contribution in [2.24, 2.45) is 0 Å². The molecular formula is C17H27NO. The minimum atomic E-state index is 0.489. The predicted octanol–water partition coefficient (Wildman–Crippen LogP) is 3.56. The van der Waals surface area contributed by atoms with E-state index in [0.717, 1.165) is 25.6 Å². The number of rotatable bonds is 7. The van der Waals surface area contributed by atoms with Crippen molar-refractivity contribution in [3.63, 3.8) is 0 Å². The van der Waals surface area contributed by atoms with Gasteiger partial charge < -0.3 is 10.1 Å². The Morgan fingerprint density at radius 1 is 1.11 bits per heavy atom. The highest BCUT2D eigenvalue weighted by Gasteiger charge is 2.20. The topological polar surface area (TPSA) is 21.3 Å². The van der Waals surface area contributed by atoms with Crippen LogP contribution in [0.3, 0.4) is 0 Å². The normalized spacial score (nSPS) is 23.4. The summed E-state index contributed by atoms with van der Waals surface area (Å²) in [6.07, 6.45) is 7.74. The third-order valence-corrected chi connectivity index (χ3v) is 3.94. The maximum atomic E-state index is 6.01. The molecule has 0 spiro atoms. The Kier molecular flexibility index (Phi) is 6.38. The Hall–Kier alpha value is -0.860. The molecule has 0 unspecified atom stereocenters. The van der Waals surface area contributed by atoms with Gasteiger partial charge in [-0.05, 0) is 50.6 Å². The van der Waals surface area contributed by atoms with Crippen LogP contribution in [0.2, 0.25) is 0 Å². The molecule has 0 saturated heterocycles. The van der Waals surface area contributed by atoms with Gasteiger partial charge in [0.2, 0.25) is 0 Å².